The Hall–Kier alpha value is -9.21. The number of anilines is 2. The van der Waals surface area contributed by atoms with Gasteiger partial charge in [-0.05, 0) is 62.1 Å². The Morgan fingerprint density at radius 3 is 2.20 bits per heavy atom. The maximum atomic E-state index is 16.5. The normalized spacial score (nSPS) is 12.1. The number of nitrogen functional groups attached to an aromatic ring is 1. The number of fused-ring (bicyclic) bond motifs is 3. The number of rotatable bonds is 21. The topological polar surface area (TPSA) is 359 Å². The lowest BCUT2D eigenvalue weighted by Gasteiger charge is -2.20. The second kappa shape index (κ2) is 22.7. The fourth-order valence-electron chi connectivity index (χ4n) is 7.55. The summed E-state index contributed by atoms with van der Waals surface area (Å²) in [4.78, 5) is 112. The molecule has 1 aliphatic carbocycles. The van der Waals surface area contributed by atoms with Crippen LogP contribution in [0.4, 0.5) is 33.6 Å². The number of aromatic carboxylic acids is 1. The summed E-state index contributed by atoms with van der Waals surface area (Å²) in [7, 11) is 0. The van der Waals surface area contributed by atoms with Crippen LogP contribution in [0.25, 0.3) is 44.6 Å². The number of carbonyl (C=O) groups is 6. The monoisotopic (exact) mass is 1060 g/mol. The van der Waals surface area contributed by atoms with Gasteiger partial charge in [-0.2, -0.15) is 4.98 Å². The summed E-state index contributed by atoms with van der Waals surface area (Å²) < 4.78 is 82.4. The van der Waals surface area contributed by atoms with Crippen molar-refractivity contribution in [3.05, 3.63) is 121 Å². The molecule has 0 spiro atoms. The zero-order valence-electron chi connectivity index (χ0n) is 38.2. The van der Waals surface area contributed by atoms with E-state index in [0.717, 1.165) is 0 Å². The van der Waals surface area contributed by atoms with Crippen LogP contribution in [0.2, 0.25) is 0 Å². The molecule has 0 radical (unpaired) electrons. The van der Waals surface area contributed by atoms with Crippen LogP contribution in [0.1, 0.15) is 58.5 Å². The van der Waals surface area contributed by atoms with Crippen molar-refractivity contribution >= 4 is 81.2 Å². The number of nitrogens with one attached hydrogen (secondary N) is 5. The number of carbonyl (C=O) groups excluding carboxylic acids is 3. The lowest BCUT2D eigenvalue weighted by Crippen LogP contribution is -2.44. The molecular weight excluding hydrogens is 1030 g/mol. The van der Waals surface area contributed by atoms with Crippen molar-refractivity contribution in [1.82, 2.24) is 35.9 Å². The molecule has 0 saturated heterocycles. The minimum absolute atomic E-state index is 0.0212. The number of amides is 3. The first-order valence-corrected chi connectivity index (χ1v) is 22.9. The minimum Gasteiger partial charge on any atom is -0.505 e. The molecule has 2 atom stereocenters. The van der Waals surface area contributed by atoms with Gasteiger partial charge < -0.3 is 51.8 Å². The molecule has 11 N–H and O–H groups in total. The first-order chi connectivity index (χ1) is 35.6. The van der Waals surface area contributed by atoms with E-state index in [2.05, 4.69) is 41.2 Å². The van der Waals surface area contributed by atoms with Gasteiger partial charge in [0, 0.05) is 58.4 Å². The highest BCUT2D eigenvalue weighted by molar-refractivity contribution is 8.00. The van der Waals surface area contributed by atoms with Crippen LogP contribution in [-0.4, -0.2) is 100 Å². The number of H-pyrrole nitrogens is 1. The van der Waals surface area contributed by atoms with Gasteiger partial charge in [0.25, 0.3) is 11.5 Å². The maximum Gasteiger partial charge on any atom is 0.339 e. The highest BCUT2D eigenvalue weighted by Gasteiger charge is 2.34. The summed E-state index contributed by atoms with van der Waals surface area (Å²) in [5, 5.41) is 48.8. The SMILES string of the molecule is Nc1nc2ncc(CNc3ccc(C(=O)NC(CCC(=O)NC(CCCCNC(=O)CSc4c(F)c(F)c(C(=O)O)c(-c5c6cc(F)c(=O)cc-6oc6cc(O)c(F)cc56)c4F)C(=O)O)C(=O)O)cc3)nc2c(=O)[nH]1. The van der Waals surface area contributed by atoms with Crippen molar-refractivity contribution in [3.8, 4) is 28.2 Å². The number of carboxylic acid groups (broad SMARTS) is 3. The van der Waals surface area contributed by atoms with E-state index >= 15 is 13.2 Å². The molecule has 1 aliphatic heterocycles. The van der Waals surface area contributed by atoms with Gasteiger partial charge in [-0.15, -0.1) is 11.8 Å². The average Bonchev–Trinajstić information content (AvgIpc) is 3.35. The van der Waals surface area contributed by atoms with E-state index in [-0.39, 0.29) is 66.8 Å². The number of hydrogen-bond acceptors (Lipinski definition) is 16. The highest BCUT2D eigenvalue weighted by Crippen LogP contribution is 2.46. The molecule has 75 heavy (non-hydrogen) atoms. The highest BCUT2D eigenvalue weighted by atomic mass is 32.2. The van der Waals surface area contributed by atoms with Gasteiger partial charge in [0.2, 0.25) is 23.2 Å². The van der Waals surface area contributed by atoms with Crippen LogP contribution >= 0.6 is 11.8 Å². The third kappa shape index (κ3) is 12.2. The summed E-state index contributed by atoms with van der Waals surface area (Å²) in [5.41, 5.74) is 0.00566. The molecule has 2 unspecified atom stereocenters. The minimum atomic E-state index is -2.22. The molecule has 0 fully saturated rings. The number of aromatic nitrogens is 4. The van der Waals surface area contributed by atoms with Crippen LogP contribution in [0.3, 0.4) is 0 Å². The van der Waals surface area contributed by atoms with Gasteiger partial charge in [0.15, 0.2) is 40.2 Å². The Kier molecular flexibility index (Phi) is 16.2. The Balaban J connectivity index is 0.899. The number of phenols is 1. The number of halogens is 5. The number of nitrogens with zero attached hydrogens (tertiary/aromatic N) is 3. The number of hydrogen-bond donors (Lipinski definition) is 10. The number of phenolic OH excluding ortho intramolecular Hbond substituents is 1. The number of carboxylic acids is 3. The van der Waals surface area contributed by atoms with Gasteiger partial charge in [0.05, 0.1) is 29.1 Å². The third-order valence-corrected chi connectivity index (χ3v) is 12.2. The Morgan fingerprint density at radius 1 is 0.800 bits per heavy atom. The summed E-state index contributed by atoms with van der Waals surface area (Å²) in [5.74, 6) is -19.0. The standard InChI is InChI=1S/C47H38F5N9O13S/c48-23-11-21-29(13-27(23)62)74-30-14-28(63)24(49)12-22(30)33(21)34-35(46(72)73)36(50)38(52)40(37(34)51)75-17-32(65)54-10-2-1-3-25(44(68)69)58-31(64)9-8-26(45(70)71)59-42(66)18-4-6-19(7-5-18)55-15-20-16-56-41-39(57-20)43(67)61-47(53)60-41/h4-7,11-14,16,25-26,55,62H,1-3,8-10,15,17H2,(H,54,65)(H,58,64)(H,59,66)(H,68,69)(H,70,71)(H,72,73)(H3,53,56,60,61,67). The fraction of sp³-hybridized carbons (Fsp3) is 0.213. The second-order valence-electron chi connectivity index (χ2n) is 16.3. The number of aromatic amines is 1. The quantitative estimate of drug-likeness (QED) is 0.0156. The van der Waals surface area contributed by atoms with Gasteiger partial charge in [-0.3, -0.25) is 29.0 Å². The molecule has 0 saturated carbocycles. The Morgan fingerprint density at radius 2 is 1.51 bits per heavy atom. The number of nitrogens with two attached hydrogens (primary N) is 1. The zero-order valence-corrected chi connectivity index (χ0v) is 39.0. The summed E-state index contributed by atoms with van der Waals surface area (Å²) in [6, 6.07) is 5.05. The molecule has 22 nitrogen and oxygen atoms in total. The number of unbranched alkanes of at least 4 members (excludes halogenated alkanes) is 1. The average molecular weight is 1060 g/mol. The molecule has 2 aliphatic rings. The number of benzene rings is 4. The first-order valence-electron chi connectivity index (χ1n) is 21.9. The Labute approximate surface area is 419 Å². The maximum absolute atomic E-state index is 16.5. The van der Waals surface area contributed by atoms with E-state index in [9.17, 15) is 67.6 Å². The summed E-state index contributed by atoms with van der Waals surface area (Å²) >= 11 is 0.0801. The van der Waals surface area contributed by atoms with Crippen LogP contribution in [0.15, 0.2) is 73.6 Å². The van der Waals surface area contributed by atoms with E-state index in [1.165, 1.54) is 30.5 Å². The Bertz CT molecular complexity index is 3550. The lowest BCUT2D eigenvalue weighted by atomic mass is 9.89. The molecule has 7 rings (SSSR count). The molecule has 28 heteroatoms. The molecule has 5 aromatic rings. The van der Waals surface area contributed by atoms with Crippen LogP contribution < -0.4 is 38.0 Å². The second-order valence-corrected chi connectivity index (χ2v) is 17.3. The number of thioether (sulfide) groups is 1. The van der Waals surface area contributed by atoms with E-state index in [0.29, 0.717) is 35.6 Å². The van der Waals surface area contributed by atoms with Crippen molar-refractivity contribution in [2.24, 2.45) is 0 Å². The zero-order chi connectivity index (χ0) is 54.4. The van der Waals surface area contributed by atoms with Crippen molar-refractivity contribution in [1.29, 1.82) is 0 Å². The largest absolute Gasteiger partial charge is 0.505 e. The van der Waals surface area contributed by atoms with Crippen LogP contribution in [0, 0.1) is 29.1 Å². The molecule has 3 heterocycles. The molecule has 3 aromatic carbocycles. The predicted octanol–water partition coefficient (Wildman–Crippen LogP) is 4.50. The number of aliphatic carboxylic acids is 2. The van der Waals surface area contributed by atoms with Crippen molar-refractivity contribution in [3.63, 3.8) is 0 Å². The predicted molar refractivity (Wildman–Crippen MR) is 254 cm³/mol. The van der Waals surface area contributed by atoms with Gasteiger partial charge in [-0.1, -0.05) is 0 Å². The smallest absolute Gasteiger partial charge is 0.339 e. The molecule has 0 bridgehead atoms. The van der Waals surface area contributed by atoms with E-state index < -0.39 is 156 Å². The van der Waals surface area contributed by atoms with Gasteiger partial charge in [-0.25, -0.2) is 46.3 Å². The van der Waals surface area contributed by atoms with Gasteiger partial charge >= 0.3 is 17.9 Å². The van der Waals surface area contributed by atoms with Crippen molar-refractivity contribution in [2.45, 2.75) is 55.6 Å². The van der Waals surface area contributed by atoms with Crippen molar-refractivity contribution in [2.75, 3.05) is 23.3 Å². The van der Waals surface area contributed by atoms with Crippen LogP contribution in [-0.2, 0) is 25.7 Å². The van der Waals surface area contributed by atoms with E-state index in [1.54, 1.807) is 0 Å². The molecule has 2 aromatic heterocycles. The van der Waals surface area contributed by atoms with Crippen molar-refractivity contribution < 1.29 is 75.6 Å². The molecule has 390 valence electrons. The summed E-state index contributed by atoms with van der Waals surface area (Å²) in [6.07, 6.45) is 0.391. The molecular formula is C47H38F5N9O13S. The third-order valence-electron chi connectivity index (χ3n) is 11.2. The van der Waals surface area contributed by atoms with E-state index in [1.807, 2.05) is 0 Å². The lowest BCUT2D eigenvalue weighted by molar-refractivity contribution is -0.142. The van der Waals surface area contributed by atoms with Crippen LogP contribution in [0.5, 0.6) is 5.75 Å². The summed E-state index contributed by atoms with van der Waals surface area (Å²) in [6.45, 7) is -0.0362. The number of aromatic hydroxyl groups is 1. The molecule has 3 amide bonds. The first kappa shape index (κ1) is 53.6. The van der Waals surface area contributed by atoms with E-state index in [4.69, 9.17) is 10.2 Å². The fourth-order valence-corrected chi connectivity index (χ4v) is 8.37. The van der Waals surface area contributed by atoms with Gasteiger partial charge in [0.1, 0.15) is 34.8 Å².